The molecule has 1 aliphatic rings. The lowest BCUT2D eigenvalue weighted by atomic mass is 10.1. The summed E-state index contributed by atoms with van der Waals surface area (Å²) in [5.41, 5.74) is 2.30. The highest BCUT2D eigenvalue weighted by Gasteiger charge is 2.14. The number of halogens is 1. The smallest absolute Gasteiger partial charge is 0.166 e. The zero-order chi connectivity index (χ0) is 17.5. The number of ether oxygens (including phenoxy) is 2. The molecule has 0 saturated carbocycles. The third kappa shape index (κ3) is 4.99. The van der Waals surface area contributed by atoms with Gasteiger partial charge in [-0.3, -0.25) is 0 Å². The Hall–Kier alpha value is -2.49. The summed E-state index contributed by atoms with van der Waals surface area (Å²) in [6, 6.07) is 11.0. The van der Waals surface area contributed by atoms with Crippen molar-refractivity contribution in [3.8, 4) is 6.07 Å². The minimum Gasteiger partial charge on any atom is -0.381 e. The van der Waals surface area contributed by atoms with E-state index in [1.165, 1.54) is 12.3 Å². The fraction of sp³-hybridized carbons (Fsp3) is 0.368. The summed E-state index contributed by atoms with van der Waals surface area (Å²) in [6.45, 7) is 2.53. The first-order valence-electron chi connectivity index (χ1n) is 8.31. The summed E-state index contributed by atoms with van der Waals surface area (Å²) in [4.78, 5) is 3.94. The number of nitriles is 1. The second kappa shape index (κ2) is 8.56. The third-order valence-electron chi connectivity index (χ3n) is 4.08. The van der Waals surface area contributed by atoms with Crippen molar-refractivity contribution in [2.24, 2.45) is 0 Å². The van der Waals surface area contributed by atoms with Crippen molar-refractivity contribution < 1.29 is 13.9 Å². The molecule has 3 rings (SSSR count). The number of hydrogen-bond donors (Lipinski definition) is 1. The summed E-state index contributed by atoms with van der Waals surface area (Å²) in [5.74, 6) is -0.388. The van der Waals surface area contributed by atoms with Gasteiger partial charge in [0, 0.05) is 26.0 Å². The first-order valence-corrected chi connectivity index (χ1v) is 8.31. The van der Waals surface area contributed by atoms with Crippen LogP contribution in [0.5, 0.6) is 0 Å². The molecule has 0 radical (unpaired) electrons. The van der Waals surface area contributed by atoms with Crippen LogP contribution in [0.1, 0.15) is 29.5 Å². The van der Waals surface area contributed by atoms with E-state index in [2.05, 4.69) is 10.3 Å². The predicted molar refractivity (Wildman–Crippen MR) is 91.3 cm³/mol. The van der Waals surface area contributed by atoms with E-state index in [-0.39, 0.29) is 17.5 Å². The molecule has 130 valence electrons. The fourth-order valence-electron chi connectivity index (χ4n) is 2.70. The Balaban J connectivity index is 1.55. The highest BCUT2D eigenvalue weighted by Crippen LogP contribution is 2.16. The first kappa shape index (κ1) is 17.3. The fourth-order valence-corrected chi connectivity index (χ4v) is 2.70. The number of aromatic nitrogens is 1. The van der Waals surface area contributed by atoms with E-state index >= 15 is 0 Å². The Kier molecular flexibility index (Phi) is 5.94. The van der Waals surface area contributed by atoms with Gasteiger partial charge in [0.1, 0.15) is 6.07 Å². The molecule has 1 aliphatic heterocycles. The maximum atomic E-state index is 13.8. The zero-order valence-electron chi connectivity index (χ0n) is 13.9. The van der Waals surface area contributed by atoms with Crippen LogP contribution >= 0.6 is 0 Å². The standard InChI is InChI=1S/C19H20FN3O2/c20-18-9-16(10-21)12-23-19(18)22-11-14-2-1-3-15(8-14)13-25-17-4-6-24-7-5-17/h1-3,8-9,12,17H,4-7,11,13H2,(H,22,23). The van der Waals surface area contributed by atoms with Gasteiger partial charge in [-0.1, -0.05) is 24.3 Å². The quantitative estimate of drug-likeness (QED) is 0.872. The van der Waals surface area contributed by atoms with Crippen molar-refractivity contribution in [1.29, 1.82) is 5.26 Å². The molecule has 2 heterocycles. The van der Waals surface area contributed by atoms with Crippen molar-refractivity contribution in [3.63, 3.8) is 0 Å². The molecule has 1 saturated heterocycles. The lowest BCUT2D eigenvalue weighted by Crippen LogP contribution is -2.23. The van der Waals surface area contributed by atoms with Gasteiger partial charge in [0.05, 0.1) is 18.3 Å². The highest BCUT2D eigenvalue weighted by atomic mass is 19.1. The van der Waals surface area contributed by atoms with Crippen molar-refractivity contribution in [2.75, 3.05) is 18.5 Å². The Morgan fingerprint density at radius 1 is 1.28 bits per heavy atom. The van der Waals surface area contributed by atoms with Gasteiger partial charge >= 0.3 is 0 Å². The molecule has 0 unspecified atom stereocenters. The van der Waals surface area contributed by atoms with E-state index in [1.807, 2.05) is 30.3 Å². The third-order valence-corrected chi connectivity index (χ3v) is 4.08. The summed E-state index contributed by atoms with van der Waals surface area (Å²) >= 11 is 0. The molecule has 25 heavy (non-hydrogen) atoms. The molecule has 0 spiro atoms. The molecule has 6 heteroatoms. The number of benzene rings is 1. The van der Waals surface area contributed by atoms with Gasteiger partial charge in [-0.2, -0.15) is 5.26 Å². The molecule has 1 aromatic carbocycles. The van der Waals surface area contributed by atoms with Crippen LogP contribution in [-0.2, 0) is 22.6 Å². The number of nitrogens with one attached hydrogen (secondary N) is 1. The number of nitrogens with zero attached hydrogens (tertiary/aromatic N) is 2. The topological polar surface area (TPSA) is 67.2 Å². The van der Waals surface area contributed by atoms with Gasteiger partial charge in [0.25, 0.3) is 0 Å². The van der Waals surface area contributed by atoms with E-state index in [0.717, 1.165) is 37.2 Å². The normalized spacial score (nSPS) is 14.9. The lowest BCUT2D eigenvalue weighted by molar-refractivity contribution is -0.0390. The maximum absolute atomic E-state index is 13.8. The second-order valence-electron chi connectivity index (χ2n) is 5.96. The monoisotopic (exact) mass is 341 g/mol. The van der Waals surface area contributed by atoms with Gasteiger partial charge < -0.3 is 14.8 Å². The van der Waals surface area contributed by atoms with Crippen LogP contribution in [-0.4, -0.2) is 24.3 Å². The molecular formula is C19H20FN3O2. The van der Waals surface area contributed by atoms with Gasteiger partial charge in [0.15, 0.2) is 11.6 Å². The number of hydrogen-bond acceptors (Lipinski definition) is 5. The van der Waals surface area contributed by atoms with Crippen LogP contribution in [0, 0.1) is 17.1 Å². The van der Waals surface area contributed by atoms with E-state index in [4.69, 9.17) is 14.7 Å². The average Bonchev–Trinajstić information content (AvgIpc) is 2.66. The summed E-state index contributed by atoms with van der Waals surface area (Å²) in [7, 11) is 0. The van der Waals surface area contributed by atoms with Crippen molar-refractivity contribution in [2.45, 2.75) is 32.1 Å². The molecule has 1 aromatic heterocycles. The van der Waals surface area contributed by atoms with Crippen molar-refractivity contribution in [3.05, 3.63) is 59.0 Å². The number of rotatable bonds is 6. The van der Waals surface area contributed by atoms with Gasteiger partial charge in [-0.15, -0.1) is 0 Å². The van der Waals surface area contributed by atoms with Crippen LogP contribution in [0.25, 0.3) is 0 Å². The molecule has 1 fully saturated rings. The van der Waals surface area contributed by atoms with E-state index in [1.54, 1.807) is 0 Å². The molecule has 0 amide bonds. The van der Waals surface area contributed by atoms with Gasteiger partial charge in [-0.05, 0) is 30.0 Å². The van der Waals surface area contributed by atoms with Crippen LogP contribution in [0.15, 0.2) is 36.5 Å². The summed E-state index contributed by atoms with van der Waals surface area (Å²) in [6.07, 6.45) is 3.48. The molecule has 5 nitrogen and oxygen atoms in total. The van der Waals surface area contributed by atoms with E-state index in [0.29, 0.717) is 13.2 Å². The maximum Gasteiger partial charge on any atom is 0.166 e. The highest BCUT2D eigenvalue weighted by molar-refractivity contribution is 5.41. The van der Waals surface area contributed by atoms with Crippen LogP contribution in [0.4, 0.5) is 10.2 Å². The lowest BCUT2D eigenvalue weighted by Gasteiger charge is -2.22. The van der Waals surface area contributed by atoms with Crippen LogP contribution < -0.4 is 5.32 Å². The van der Waals surface area contributed by atoms with E-state index in [9.17, 15) is 4.39 Å². The SMILES string of the molecule is N#Cc1cnc(NCc2cccc(COC3CCOCC3)c2)c(F)c1. The summed E-state index contributed by atoms with van der Waals surface area (Å²) in [5, 5.41) is 11.7. The van der Waals surface area contributed by atoms with Gasteiger partial charge in [0.2, 0.25) is 0 Å². The zero-order valence-corrected chi connectivity index (χ0v) is 13.9. The van der Waals surface area contributed by atoms with Crippen molar-refractivity contribution >= 4 is 5.82 Å². The van der Waals surface area contributed by atoms with Gasteiger partial charge in [-0.25, -0.2) is 9.37 Å². The molecule has 0 aliphatic carbocycles. The Morgan fingerprint density at radius 2 is 2.08 bits per heavy atom. The Morgan fingerprint density at radius 3 is 2.84 bits per heavy atom. The molecular weight excluding hydrogens is 321 g/mol. The van der Waals surface area contributed by atoms with Crippen LogP contribution in [0.3, 0.4) is 0 Å². The van der Waals surface area contributed by atoms with E-state index < -0.39 is 5.82 Å². The number of pyridine rings is 1. The largest absolute Gasteiger partial charge is 0.381 e. The molecule has 0 atom stereocenters. The molecule has 2 aromatic rings. The minimum atomic E-state index is -0.530. The van der Waals surface area contributed by atoms with Crippen molar-refractivity contribution in [1.82, 2.24) is 4.98 Å². The summed E-state index contributed by atoms with van der Waals surface area (Å²) < 4.78 is 25.1. The molecule has 1 N–H and O–H groups in total. The minimum absolute atomic E-state index is 0.142. The second-order valence-corrected chi connectivity index (χ2v) is 5.96. The number of anilines is 1. The average molecular weight is 341 g/mol. The molecule has 0 bridgehead atoms. The Labute approximate surface area is 146 Å². The predicted octanol–water partition coefficient (Wildman–Crippen LogP) is 3.40. The Bertz CT molecular complexity index is 755. The first-order chi connectivity index (χ1) is 12.2. The van der Waals surface area contributed by atoms with Crippen LogP contribution in [0.2, 0.25) is 0 Å².